The maximum absolute atomic E-state index is 13.4. The summed E-state index contributed by atoms with van der Waals surface area (Å²) in [6.45, 7) is 8.88. The van der Waals surface area contributed by atoms with Gasteiger partial charge < -0.3 is 10.6 Å². The summed E-state index contributed by atoms with van der Waals surface area (Å²) in [5, 5.41) is 17.5. The van der Waals surface area contributed by atoms with Crippen LogP contribution >= 0.6 is 11.3 Å². The fourth-order valence-corrected chi connectivity index (χ4v) is 6.20. The minimum atomic E-state index is -0.487. The quantitative estimate of drug-likeness (QED) is 0.439. The van der Waals surface area contributed by atoms with Crippen molar-refractivity contribution in [1.29, 1.82) is 0 Å². The number of nitrogens with one attached hydrogen (secondary N) is 2. The van der Waals surface area contributed by atoms with Crippen molar-refractivity contribution in [2.75, 3.05) is 30.3 Å². The number of nitrogens with zero attached hydrogens (tertiary/aromatic N) is 2. The number of fused-ring (bicyclic) bond motifs is 1. The molecule has 34 heavy (non-hydrogen) atoms. The maximum Gasteiger partial charge on any atom is 0.271 e. The smallest absolute Gasteiger partial charge is 0.271 e. The van der Waals surface area contributed by atoms with Crippen molar-refractivity contribution in [1.82, 2.24) is 4.90 Å². The van der Waals surface area contributed by atoms with E-state index in [1.807, 2.05) is 0 Å². The van der Waals surface area contributed by atoms with E-state index < -0.39 is 4.92 Å². The number of hydrogen-bond donors (Lipinski definition) is 2. The van der Waals surface area contributed by atoms with Crippen molar-refractivity contribution in [3.8, 4) is 0 Å². The molecule has 1 aliphatic carbocycles. The molecule has 0 bridgehead atoms. The number of nitro benzene ring substituents is 1. The first-order valence-corrected chi connectivity index (χ1v) is 12.7. The fourth-order valence-electron chi connectivity index (χ4n) is 4.85. The summed E-state index contributed by atoms with van der Waals surface area (Å²) in [6.07, 6.45) is 4.83. The van der Waals surface area contributed by atoms with E-state index in [1.54, 1.807) is 12.1 Å². The highest BCUT2D eigenvalue weighted by molar-refractivity contribution is 7.17. The van der Waals surface area contributed by atoms with Crippen LogP contribution in [-0.2, 0) is 17.6 Å². The third-order valence-electron chi connectivity index (χ3n) is 6.85. The van der Waals surface area contributed by atoms with Gasteiger partial charge in [0.25, 0.3) is 11.6 Å². The van der Waals surface area contributed by atoms with Crippen LogP contribution in [0.1, 0.15) is 60.8 Å². The number of nitro groups is 1. The number of benzene rings is 1. The van der Waals surface area contributed by atoms with Crippen LogP contribution in [-0.4, -0.2) is 41.3 Å². The Morgan fingerprint density at radius 2 is 1.94 bits per heavy atom. The summed E-state index contributed by atoms with van der Waals surface area (Å²) in [4.78, 5) is 40.1. The Morgan fingerprint density at radius 3 is 2.62 bits per heavy atom. The second-order valence-corrected chi connectivity index (χ2v) is 11.4. The molecule has 1 aromatic heterocycles. The summed E-state index contributed by atoms with van der Waals surface area (Å²) in [5.74, 6) is 0.0421. The van der Waals surface area contributed by atoms with Gasteiger partial charge in [-0.15, -0.1) is 11.3 Å². The van der Waals surface area contributed by atoms with Gasteiger partial charge in [0.1, 0.15) is 5.00 Å². The summed E-state index contributed by atoms with van der Waals surface area (Å²) in [6, 6.07) is 5.91. The number of carbonyl (C=O) groups excluding carboxylic acids is 2. The number of rotatable bonds is 6. The van der Waals surface area contributed by atoms with Crippen LogP contribution < -0.4 is 10.6 Å². The number of thiophene rings is 1. The molecule has 4 rings (SSSR count). The zero-order valence-electron chi connectivity index (χ0n) is 20.0. The SMILES string of the molecule is CC(C)(C)[C@@H]1CCc2c(sc(NC(=O)CN3CCCC3)c2C(=O)Nc2cccc([N+](=O)[O-])c2)C1. The Hall–Kier alpha value is -2.78. The molecule has 1 aromatic carbocycles. The van der Waals surface area contributed by atoms with Gasteiger partial charge in [-0.1, -0.05) is 26.8 Å². The molecular weight excluding hydrogens is 452 g/mol. The van der Waals surface area contributed by atoms with E-state index in [0.29, 0.717) is 28.7 Å². The van der Waals surface area contributed by atoms with Crippen LogP contribution in [0.4, 0.5) is 16.4 Å². The summed E-state index contributed by atoms with van der Waals surface area (Å²) >= 11 is 1.50. The van der Waals surface area contributed by atoms with Crippen LogP contribution in [0.15, 0.2) is 24.3 Å². The molecule has 2 aliphatic rings. The molecule has 8 nitrogen and oxygen atoms in total. The van der Waals surface area contributed by atoms with Gasteiger partial charge in [0.15, 0.2) is 0 Å². The first-order valence-electron chi connectivity index (χ1n) is 11.8. The first kappa shape index (κ1) is 24.3. The molecule has 2 aromatic rings. The van der Waals surface area contributed by atoms with Gasteiger partial charge >= 0.3 is 0 Å². The number of non-ortho nitro benzene ring substituents is 1. The lowest BCUT2D eigenvalue weighted by Gasteiger charge is -2.33. The molecule has 0 saturated carbocycles. The van der Waals surface area contributed by atoms with Crippen LogP contribution in [0.2, 0.25) is 0 Å². The van der Waals surface area contributed by atoms with E-state index in [2.05, 4.69) is 36.3 Å². The lowest BCUT2D eigenvalue weighted by molar-refractivity contribution is -0.384. The lowest BCUT2D eigenvalue weighted by atomic mass is 9.72. The molecular formula is C25H32N4O4S. The monoisotopic (exact) mass is 484 g/mol. The highest BCUT2D eigenvalue weighted by Crippen LogP contribution is 2.44. The number of amides is 2. The maximum atomic E-state index is 13.4. The van der Waals surface area contributed by atoms with E-state index >= 15 is 0 Å². The number of likely N-dealkylation sites (tertiary alicyclic amines) is 1. The topological polar surface area (TPSA) is 105 Å². The molecule has 1 fully saturated rings. The molecule has 1 atom stereocenters. The van der Waals surface area contributed by atoms with Gasteiger partial charge in [-0.25, -0.2) is 0 Å². The Kier molecular flexibility index (Phi) is 7.04. The molecule has 9 heteroatoms. The molecule has 0 spiro atoms. The number of carbonyl (C=O) groups is 2. The molecule has 0 unspecified atom stereocenters. The van der Waals surface area contributed by atoms with Gasteiger partial charge in [-0.05, 0) is 68.2 Å². The van der Waals surface area contributed by atoms with Gasteiger partial charge in [-0.3, -0.25) is 24.6 Å². The number of anilines is 2. The molecule has 0 radical (unpaired) electrons. The third-order valence-corrected chi connectivity index (χ3v) is 8.02. The van der Waals surface area contributed by atoms with Crippen molar-refractivity contribution in [3.05, 3.63) is 50.4 Å². The fraction of sp³-hybridized carbons (Fsp3) is 0.520. The average Bonchev–Trinajstić information content (AvgIpc) is 3.39. The highest BCUT2D eigenvalue weighted by Gasteiger charge is 2.34. The zero-order valence-corrected chi connectivity index (χ0v) is 20.8. The minimum Gasteiger partial charge on any atom is -0.322 e. The average molecular weight is 485 g/mol. The second-order valence-electron chi connectivity index (χ2n) is 10.3. The van der Waals surface area contributed by atoms with Crippen molar-refractivity contribution in [2.24, 2.45) is 11.3 Å². The molecule has 182 valence electrons. The van der Waals surface area contributed by atoms with E-state index in [1.165, 1.54) is 23.5 Å². The predicted molar refractivity (Wildman–Crippen MR) is 135 cm³/mol. The molecule has 2 N–H and O–H groups in total. The lowest BCUT2D eigenvalue weighted by Crippen LogP contribution is -2.31. The third kappa shape index (κ3) is 5.47. The van der Waals surface area contributed by atoms with E-state index in [9.17, 15) is 19.7 Å². The first-order chi connectivity index (χ1) is 16.1. The summed E-state index contributed by atoms with van der Waals surface area (Å²) in [7, 11) is 0. The Labute approximate surface area is 203 Å². The van der Waals surface area contributed by atoms with Gasteiger partial charge in [0, 0.05) is 22.7 Å². The van der Waals surface area contributed by atoms with Gasteiger partial charge in [0.2, 0.25) is 5.91 Å². The minimum absolute atomic E-state index is 0.0858. The Balaban J connectivity index is 1.61. The van der Waals surface area contributed by atoms with E-state index in [4.69, 9.17) is 0 Å². The van der Waals surface area contributed by atoms with Crippen LogP contribution in [0.25, 0.3) is 0 Å². The predicted octanol–water partition coefficient (Wildman–Crippen LogP) is 5.09. The van der Waals surface area contributed by atoms with Gasteiger partial charge in [-0.2, -0.15) is 0 Å². The second kappa shape index (κ2) is 9.84. The molecule has 1 aliphatic heterocycles. The molecule has 2 heterocycles. The van der Waals surface area contributed by atoms with Gasteiger partial charge in [0.05, 0.1) is 17.0 Å². The van der Waals surface area contributed by atoms with Crippen molar-refractivity contribution in [2.45, 2.75) is 52.9 Å². The van der Waals surface area contributed by atoms with Crippen LogP contribution in [0.5, 0.6) is 0 Å². The standard InChI is InChI=1S/C25H32N4O4S/c1-25(2,3)16-9-10-19-20(13-16)34-24(27-21(30)15-28-11-4-5-12-28)22(19)23(31)26-17-7-6-8-18(14-17)29(32)33/h6-8,14,16H,4-5,9-13,15H2,1-3H3,(H,26,31)(H,27,30)/t16-/m1/s1. The number of hydrogen-bond acceptors (Lipinski definition) is 6. The Morgan fingerprint density at radius 1 is 1.21 bits per heavy atom. The highest BCUT2D eigenvalue weighted by atomic mass is 32.1. The van der Waals surface area contributed by atoms with Crippen LogP contribution in [0.3, 0.4) is 0 Å². The molecule has 1 saturated heterocycles. The largest absolute Gasteiger partial charge is 0.322 e. The van der Waals surface area contributed by atoms with Crippen molar-refractivity contribution in [3.63, 3.8) is 0 Å². The molecule has 2 amide bonds. The van der Waals surface area contributed by atoms with E-state index in [-0.39, 0.29) is 22.9 Å². The normalized spacial score (nSPS) is 18.4. The van der Waals surface area contributed by atoms with Crippen molar-refractivity contribution < 1.29 is 14.5 Å². The van der Waals surface area contributed by atoms with Crippen LogP contribution in [0, 0.1) is 21.4 Å². The summed E-state index contributed by atoms with van der Waals surface area (Å²) < 4.78 is 0. The van der Waals surface area contributed by atoms with Crippen molar-refractivity contribution >= 4 is 39.5 Å². The Bertz CT molecular complexity index is 1100. The van der Waals surface area contributed by atoms with E-state index in [0.717, 1.165) is 55.6 Å². The summed E-state index contributed by atoms with van der Waals surface area (Å²) in [5.41, 5.74) is 1.92. The zero-order chi connectivity index (χ0) is 24.5.